The fourth-order valence-corrected chi connectivity index (χ4v) is 4.56. The SMILES string of the molecule is C=CC(=O)Nc1cccc(Oc2nc(Cc3ccc(N4CCN(C)CC4)cc3OC)nc3c2C=CC3)c1. The summed E-state index contributed by atoms with van der Waals surface area (Å²) in [5.74, 6) is 2.28. The lowest BCUT2D eigenvalue weighted by atomic mass is 10.1. The molecular weight excluding hydrogens is 466 g/mol. The van der Waals surface area contributed by atoms with Crippen LogP contribution < -0.4 is 19.7 Å². The minimum atomic E-state index is -0.280. The van der Waals surface area contributed by atoms with Crippen molar-refractivity contribution in [3.05, 3.63) is 83.8 Å². The van der Waals surface area contributed by atoms with Crippen molar-refractivity contribution in [1.82, 2.24) is 14.9 Å². The van der Waals surface area contributed by atoms with E-state index in [9.17, 15) is 4.79 Å². The van der Waals surface area contributed by atoms with Crippen molar-refractivity contribution in [3.63, 3.8) is 0 Å². The van der Waals surface area contributed by atoms with Crippen LogP contribution in [0.1, 0.15) is 22.6 Å². The number of nitrogens with zero attached hydrogens (tertiary/aromatic N) is 4. The maximum Gasteiger partial charge on any atom is 0.247 e. The molecule has 8 nitrogen and oxygen atoms in total. The Kier molecular flexibility index (Phi) is 7.18. The maximum atomic E-state index is 11.7. The molecule has 8 heteroatoms. The van der Waals surface area contributed by atoms with Crippen molar-refractivity contribution in [2.75, 3.05) is 50.6 Å². The molecule has 5 rings (SSSR count). The number of likely N-dealkylation sites (N-methyl/N-ethyl adjacent to an activating group) is 1. The summed E-state index contributed by atoms with van der Waals surface area (Å²) in [6.07, 6.45) is 6.53. The quantitative estimate of drug-likeness (QED) is 0.465. The highest BCUT2D eigenvalue weighted by molar-refractivity contribution is 5.98. The summed E-state index contributed by atoms with van der Waals surface area (Å²) >= 11 is 0. The number of carbonyl (C=O) groups excluding carboxylic acids is 1. The van der Waals surface area contributed by atoms with E-state index >= 15 is 0 Å². The predicted octanol–water partition coefficient (Wildman–Crippen LogP) is 4.31. The second-order valence-corrected chi connectivity index (χ2v) is 9.20. The number of ether oxygens (including phenoxy) is 2. The Bertz CT molecular complexity index is 1350. The van der Waals surface area contributed by atoms with Crippen LogP contribution in [-0.4, -0.2) is 61.1 Å². The van der Waals surface area contributed by atoms with Gasteiger partial charge in [-0.2, -0.15) is 4.98 Å². The summed E-state index contributed by atoms with van der Waals surface area (Å²) in [5.41, 5.74) is 4.62. The van der Waals surface area contributed by atoms with Gasteiger partial charge in [-0.25, -0.2) is 4.98 Å². The summed E-state index contributed by atoms with van der Waals surface area (Å²) in [5, 5.41) is 2.75. The van der Waals surface area contributed by atoms with E-state index in [1.807, 2.05) is 18.2 Å². The molecule has 2 heterocycles. The molecule has 1 fully saturated rings. The van der Waals surface area contributed by atoms with E-state index in [2.05, 4.69) is 53.0 Å². The Morgan fingerprint density at radius 1 is 1.14 bits per heavy atom. The number of hydrogen-bond acceptors (Lipinski definition) is 7. The highest BCUT2D eigenvalue weighted by Crippen LogP contribution is 2.33. The first-order chi connectivity index (χ1) is 18.0. The minimum absolute atomic E-state index is 0.280. The maximum absolute atomic E-state index is 11.7. The molecule has 2 aliphatic rings. The van der Waals surface area contributed by atoms with Crippen LogP contribution >= 0.6 is 0 Å². The fraction of sp³-hybridized carbons (Fsp3) is 0.276. The van der Waals surface area contributed by atoms with Gasteiger partial charge in [0.2, 0.25) is 11.8 Å². The molecule has 0 bridgehead atoms. The molecule has 0 spiro atoms. The third-order valence-corrected chi connectivity index (χ3v) is 6.62. The summed E-state index contributed by atoms with van der Waals surface area (Å²) in [6.45, 7) is 7.59. The van der Waals surface area contributed by atoms with Gasteiger partial charge in [-0.3, -0.25) is 4.79 Å². The molecule has 37 heavy (non-hydrogen) atoms. The van der Waals surface area contributed by atoms with Crippen LogP contribution in [0.2, 0.25) is 0 Å². The normalized spacial score (nSPS) is 14.8. The van der Waals surface area contributed by atoms with E-state index in [1.165, 1.54) is 11.8 Å². The van der Waals surface area contributed by atoms with Gasteiger partial charge in [-0.15, -0.1) is 0 Å². The zero-order valence-electron chi connectivity index (χ0n) is 21.2. The Labute approximate surface area is 217 Å². The van der Waals surface area contributed by atoms with Crippen LogP contribution in [0, 0.1) is 0 Å². The Balaban J connectivity index is 1.39. The topological polar surface area (TPSA) is 79.8 Å². The standard InChI is InChI=1S/C29H31N5O3/c1-4-28(35)30-21-7-5-8-23(18-21)37-29-24-9-6-10-25(24)31-27(32-29)17-20-11-12-22(19-26(20)36-3)34-15-13-33(2)14-16-34/h4-9,11-12,18-19H,1,10,13-17H2,2-3H3,(H,30,35). The van der Waals surface area contributed by atoms with E-state index in [4.69, 9.17) is 19.4 Å². The first-order valence-electron chi connectivity index (χ1n) is 12.4. The van der Waals surface area contributed by atoms with Crippen molar-refractivity contribution in [2.24, 2.45) is 0 Å². The van der Waals surface area contributed by atoms with Crippen LogP contribution in [0.5, 0.6) is 17.4 Å². The van der Waals surface area contributed by atoms with Crippen molar-refractivity contribution >= 4 is 23.4 Å². The number of allylic oxidation sites excluding steroid dienone is 1. The molecule has 2 aromatic carbocycles. The van der Waals surface area contributed by atoms with Gasteiger partial charge in [0, 0.05) is 68.1 Å². The number of benzene rings is 2. The number of carbonyl (C=O) groups is 1. The van der Waals surface area contributed by atoms with Gasteiger partial charge in [0.25, 0.3) is 0 Å². The van der Waals surface area contributed by atoms with E-state index in [0.717, 1.165) is 55.2 Å². The third kappa shape index (κ3) is 5.65. The summed E-state index contributed by atoms with van der Waals surface area (Å²) < 4.78 is 12.0. The molecule has 1 aliphatic carbocycles. The lowest BCUT2D eigenvalue weighted by Crippen LogP contribution is -2.44. The van der Waals surface area contributed by atoms with Crippen LogP contribution in [0.15, 0.2) is 61.2 Å². The molecule has 190 valence electrons. The minimum Gasteiger partial charge on any atom is -0.496 e. The smallest absolute Gasteiger partial charge is 0.247 e. The highest BCUT2D eigenvalue weighted by atomic mass is 16.5. The fourth-order valence-electron chi connectivity index (χ4n) is 4.56. The number of piperazine rings is 1. The van der Waals surface area contributed by atoms with Gasteiger partial charge < -0.3 is 24.6 Å². The van der Waals surface area contributed by atoms with Crippen molar-refractivity contribution < 1.29 is 14.3 Å². The van der Waals surface area contributed by atoms with Crippen molar-refractivity contribution in [2.45, 2.75) is 12.8 Å². The van der Waals surface area contributed by atoms with Gasteiger partial charge in [0.15, 0.2) is 0 Å². The second kappa shape index (κ2) is 10.8. The van der Waals surface area contributed by atoms with E-state index in [0.29, 0.717) is 29.6 Å². The number of hydrogen-bond donors (Lipinski definition) is 1. The average Bonchev–Trinajstić information content (AvgIpc) is 3.39. The number of amides is 1. The zero-order chi connectivity index (χ0) is 25.8. The molecule has 0 radical (unpaired) electrons. The first-order valence-corrected chi connectivity index (χ1v) is 12.4. The molecule has 1 N–H and O–H groups in total. The second-order valence-electron chi connectivity index (χ2n) is 9.20. The Hall–Kier alpha value is -4.17. The molecule has 1 saturated heterocycles. The molecule has 0 saturated carbocycles. The number of fused-ring (bicyclic) bond motifs is 1. The van der Waals surface area contributed by atoms with Crippen LogP contribution in [0.3, 0.4) is 0 Å². The monoisotopic (exact) mass is 497 g/mol. The number of nitrogens with one attached hydrogen (secondary N) is 1. The van der Waals surface area contributed by atoms with Gasteiger partial charge in [-0.05, 0) is 31.3 Å². The third-order valence-electron chi connectivity index (χ3n) is 6.62. The van der Waals surface area contributed by atoms with E-state index in [1.54, 1.807) is 19.2 Å². The summed E-state index contributed by atoms with van der Waals surface area (Å²) in [7, 11) is 3.86. The van der Waals surface area contributed by atoms with Gasteiger partial charge in [0.1, 0.15) is 17.3 Å². The van der Waals surface area contributed by atoms with Crippen LogP contribution in [0.25, 0.3) is 6.08 Å². The van der Waals surface area contributed by atoms with Gasteiger partial charge in [-0.1, -0.05) is 30.9 Å². The summed E-state index contributed by atoms with van der Waals surface area (Å²) in [6, 6.07) is 13.6. The van der Waals surface area contributed by atoms with Crippen molar-refractivity contribution in [1.29, 1.82) is 0 Å². The average molecular weight is 498 g/mol. The molecule has 3 aromatic rings. The lowest BCUT2D eigenvalue weighted by Gasteiger charge is -2.34. The number of aromatic nitrogens is 2. The molecule has 0 unspecified atom stereocenters. The van der Waals surface area contributed by atoms with Crippen LogP contribution in [0.4, 0.5) is 11.4 Å². The van der Waals surface area contributed by atoms with Crippen molar-refractivity contribution in [3.8, 4) is 17.4 Å². The zero-order valence-corrected chi connectivity index (χ0v) is 21.2. The predicted molar refractivity (Wildman–Crippen MR) is 146 cm³/mol. The highest BCUT2D eigenvalue weighted by Gasteiger charge is 2.20. The Morgan fingerprint density at radius 3 is 2.76 bits per heavy atom. The molecule has 1 amide bonds. The van der Waals surface area contributed by atoms with Crippen LogP contribution in [-0.2, 0) is 17.6 Å². The number of rotatable bonds is 8. The first kappa shape index (κ1) is 24.5. The lowest BCUT2D eigenvalue weighted by molar-refractivity contribution is -0.111. The number of methoxy groups -OCH3 is 1. The molecule has 1 aliphatic heterocycles. The van der Waals surface area contributed by atoms with Gasteiger partial charge in [0.05, 0.1) is 18.4 Å². The van der Waals surface area contributed by atoms with E-state index in [-0.39, 0.29) is 5.91 Å². The van der Waals surface area contributed by atoms with Gasteiger partial charge >= 0.3 is 0 Å². The number of anilines is 2. The van der Waals surface area contributed by atoms with E-state index < -0.39 is 0 Å². The largest absolute Gasteiger partial charge is 0.496 e. The molecule has 0 atom stereocenters. The molecular formula is C29H31N5O3. The summed E-state index contributed by atoms with van der Waals surface area (Å²) in [4.78, 5) is 26.0. The molecule has 1 aromatic heterocycles. The Morgan fingerprint density at radius 2 is 1.97 bits per heavy atom.